The van der Waals surface area contributed by atoms with E-state index in [0.717, 1.165) is 13.0 Å². The molecular weight excluding hydrogens is 284 g/mol. The fraction of sp³-hybridized carbons (Fsp3) is 0.625. The van der Waals surface area contributed by atoms with Gasteiger partial charge in [-0.3, -0.25) is 9.59 Å². The minimum absolute atomic E-state index is 0.128. The van der Waals surface area contributed by atoms with E-state index in [-0.39, 0.29) is 17.7 Å². The number of hydrogen-bond donors (Lipinski definition) is 0. The van der Waals surface area contributed by atoms with Crippen LogP contribution in [-0.2, 0) is 9.53 Å². The lowest BCUT2D eigenvalue weighted by Gasteiger charge is -2.26. The summed E-state index contributed by atoms with van der Waals surface area (Å²) in [5.74, 6) is 0.529. The average molecular weight is 306 g/mol. The first kappa shape index (κ1) is 15.1. The van der Waals surface area contributed by atoms with Gasteiger partial charge >= 0.3 is 0 Å². The Labute approximate surface area is 130 Å². The number of likely N-dealkylation sites (tertiary alicyclic amines) is 2. The number of amides is 2. The fourth-order valence-corrected chi connectivity index (χ4v) is 3.65. The molecule has 22 heavy (non-hydrogen) atoms. The number of furan rings is 1. The summed E-state index contributed by atoms with van der Waals surface area (Å²) in [4.78, 5) is 28.9. The van der Waals surface area contributed by atoms with E-state index in [4.69, 9.17) is 9.15 Å². The van der Waals surface area contributed by atoms with Gasteiger partial charge in [0.25, 0.3) is 5.91 Å². The van der Waals surface area contributed by atoms with Gasteiger partial charge in [-0.15, -0.1) is 0 Å². The van der Waals surface area contributed by atoms with Crippen LogP contribution in [0.4, 0.5) is 0 Å². The highest BCUT2D eigenvalue weighted by Gasteiger charge is 2.55. The van der Waals surface area contributed by atoms with Crippen molar-refractivity contribution in [3.05, 3.63) is 24.2 Å². The normalized spacial score (nSPS) is 28.1. The second-order valence-corrected chi connectivity index (χ2v) is 6.26. The van der Waals surface area contributed by atoms with Gasteiger partial charge in [-0.05, 0) is 24.5 Å². The molecule has 120 valence electrons. The third kappa shape index (κ3) is 2.31. The second-order valence-electron chi connectivity index (χ2n) is 6.26. The van der Waals surface area contributed by atoms with Crippen LogP contribution in [0.15, 0.2) is 22.8 Å². The van der Waals surface area contributed by atoms with Crippen LogP contribution in [0.1, 0.15) is 23.9 Å². The van der Waals surface area contributed by atoms with Gasteiger partial charge in [0.15, 0.2) is 5.76 Å². The Bertz CT molecular complexity index is 557. The van der Waals surface area contributed by atoms with Gasteiger partial charge in [0.05, 0.1) is 18.3 Å². The van der Waals surface area contributed by atoms with Crippen LogP contribution in [0.5, 0.6) is 0 Å². The molecule has 1 spiro atoms. The summed E-state index contributed by atoms with van der Waals surface area (Å²) in [5, 5.41) is 0. The van der Waals surface area contributed by atoms with E-state index in [2.05, 4.69) is 6.92 Å². The zero-order valence-corrected chi connectivity index (χ0v) is 13.1. The minimum Gasteiger partial charge on any atom is -0.459 e. The van der Waals surface area contributed by atoms with Crippen LogP contribution in [0.2, 0.25) is 0 Å². The second kappa shape index (κ2) is 5.76. The Hall–Kier alpha value is -1.82. The third-order valence-electron chi connectivity index (χ3n) is 5.04. The Balaban J connectivity index is 1.73. The van der Waals surface area contributed by atoms with Gasteiger partial charge in [-0.1, -0.05) is 6.92 Å². The lowest BCUT2D eigenvalue weighted by atomic mass is 9.78. The van der Waals surface area contributed by atoms with E-state index in [1.165, 1.54) is 6.26 Å². The van der Waals surface area contributed by atoms with Crippen molar-refractivity contribution in [3.63, 3.8) is 0 Å². The van der Waals surface area contributed by atoms with Gasteiger partial charge in [0.1, 0.15) is 0 Å². The predicted octanol–water partition coefficient (Wildman–Crippen LogP) is 1.24. The molecule has 3 heterocycles. The zero-order valence-electron chi connectivity index (χ0n) is 13.1. The molecule has 6 nitrogen and oxygen atoms in total. The molecule has 0 bridgehead atoms. The molecule has 1 aromatic heterocycles. The highest BCUT2D eigenvalue weighted by molar-refractivity contribution is 5.93. The lowest BCUT2D eigenvalue weighted by molar-refractivity contribution is -0.137. The van der Waals surface area contributed by atoms with Gasteiger partial charge < -0.3 is 19.0 Å². The van der Waals surface area contributed by atoms with Crippen LogP contribution in [0.25, 0.3) is 0 Å². The number of carbonyl (C=O) groups is 2. The monoisotopic (exact) mass is 306 g/mol. The summed E-state index contributed by atoms with van der Waals surface area (Å²) in [5.41, 5.74) is -0.435. The number of rotatable bonds is 4. The van der Waals surface area contributed by atoms with Crippen LogP contribution < -0.4 is 0 Å². The highest BCUT2D eigenvalue weighted by Crippen LogP contribution is 2.44. The van der Waals surface area contributed by atoms with Crippen molar-refractivity contribution in [2.45, 2.75) is 13.3 Å². The molecule has 2 aliphatic rings. The van der Waals surface area contributed by atoms with Gasteiger partial charge in [0.2, 0.25) is 5.91 Å². The Kier molecular flexibility index (Phi) is 3.95. The largest absolute Gasteiger partial charge is 0.459 e. The molecule has 0 aliphatic carbocycles. The molecule has 0 radical (unpaired) electrons. The van der Waals surface area contributed by atoms with Crippen molar-refractivity contribution in [1.29, 1.82) is 0 Å². The molecular formula is C16H22N2O4. The molecule has 2 amide bonds. The first-order valence-electron chi connectivity index (χ1n) is 7.69. The molecule has 2 atom stereocenters. The fourth-order valence-electron chi connectivity index (χ4n) is 3.65. The van der Waals surface area contributed by atoms with Crippen molar-refractivity contribution in [2.75, 3.05) is 39.9 Å². The molecule has 0 saturated carbocycles. The predicted molar refractivity (Wildman–Crippen MR) is 79.3 cm³/mol. The standard InChI is InChI=1S/C16H22N2O4/c1-12-10-18(14(19)13-4-3-8-22-13)11-16(12)5-6-17(15(16)20)7-9-21-2/h3-4,8,12H,5-7,9-11H2,1-2H3/t12-,16-/m0/s1. The van der Waals surface area contributed by atoms with E-state index in [1.54, 1.807) is 24.1 Å². The number of methoxy groups -OCH3 is 1. The Morgan fingerprint density at radius 1 is 1.55 bits per heavy atom. The van der Waals surface area contributed by atoms with Gasteiger partial charge in [-0.2, -0.15) is 0 Å². The quantitative estimate of drug-likeness (QED) is 0.839. The van der Waals surface area contributed by atoms with Crippen LogP contribution in [0.3, 0.4) is 0 Å². The van der Waals surface area contributed by atoms with Gasteiger partial charge in [0, 0.05) is 33.3 Å². The first-order chi connectivity index (χ1) is 10.6. The van der Waals surface area contributed by atoms with Crippen molar-refractivity contribution < 1.29 is 18.7 Å². The smallest absolute Gasteiger partial charge is 0.289 e. The van der Waals surface area contributed by atoms with E-state index < -0.39 is 5.41 Å². The first-order valence-corrected chi connectivity index (χ1v) is 7.69. The average Bonchev–Trinajstić information content (AvgIpc) is 3.21. The minimum atomic E-state index is -0.435. The Morgan fingerprint density at radius 2 is 2.36 bits per heavy atom. The molecule has 3 rings (SSSR count). The van der Waals surface area contributed by atoms with Crippen molar-refractivity contribution >= 4 is 11.8 Å². The van der Waals surface area contributed by atoms with Crippen molar-refractivity contribution in [2.24, 2.45) is 11.3 Å². The molecule has 1 aromatic rings. The third-order valence-corrected chi connectivity index (χ3v) is 5.04. The zero-order chi connectivity index (χ0) is 15.7. The number of hydrogen-bond acceptors (Lipinski definition) is 4. The summed E-state index contributed by atoms with van der Waals surface area (Å²) in [6, 6.07) is 3.37. The molecule has 2 saturated heterocycles. The molecule has 0 unspecified atom stereocenters. The van der Waals surface area contributed by atoms with E-state index >= 15 is 0 Å². The SMILES string of the molecule is COCCN1CC[C@@]2(CN(C(=O)c3ccco3)C[C@@H]2C)C1=O. The topological polar surface area (TPSA) is 63.0 Å². The maximum atomic E-state index is 12.8. The van der Waals surface area contributed by atoms with E-state index in [0.29, 0.717) is 32.0 Å². The van der Waals surface area contributed by atoms with Crippen LogP contribution in [-0.4, -0.2) is 61.5 Å². The summed E-state index contributed by atoms with van der Waals surface area (Å²) >= 11 is 0. The maximum absolute atomic E-state index is 12.8. The number of carbonyl (C=O) groups excluding carboxylic acids is 2. The van der Waals surface area contributed by atoms with Crippen LogP contribution >= 0.6 is 0 Å². The maximum Gasteiger partial charge on any atom is 0.289 e. The summed E-state index contributed by atoms with van der Waals surface area (Å²) in [7, 11) is 1.64. The lowest BCUT2D eigenvalue weighted by Crippen LogP contribution is -2.41. The van der Waals surface area contributed by atoms with E-state index in [9.17, 15) is 9.59 Å². The number of ether oxygens (including phenoxy) is 1. The van der Waals surface area contributed by atoms with Crippen LogP contribution in [0, 0.1) is 11.3 Å². The Morgan fingerprint density at radius 3 is 3.05 bits per heavy atom. The van der Waals surface area contributed by atoms with Crippen molar-refractivity contribution in [3.8, 4) is 0 Å². The molecule has 2 aliphatic heterocycles. The van der Waals surface area contributed by atoms with E-state index in [1.807, 2.05) is 4.90 Å². The summed E-state index contributed by atoms with van der Waals surface area (Å²) in [6.07, 6.45) is 2.30. The highest BCUT2D eigenvalue weighted by atomic mass is 16.5. The summed E-state index contributed by atoms with van der Waals surface area (Å²) < 4.78 is 10.3. The molecule has 0 aromatic carbocycles. The molecule has 0 N–H and O–H groups in total. The number of nitrogens with zero attached hydrogens (tertiary/aromatic N) is 2. The summed E-state index contributed by atoms with van der Waals surface area (Å²) in [6.45, 7) is 5.06. The molecule has 2 fully saturated rings. The molecule has 6 heteroatoms. The van der Waals surface area contributed by atoms with Gasteiger partial charge in [-0.25, -0.2) is 0 Å². The van der Waals surface area contributed by atoms with Crippen molar-refractivity contribution in [1.82, 2.24) is 9.80 Å².